The van der Waals surface area contributed by atoms with E-state index in [1.54, 1.807) is 11.9 Å². The minimum absolute atomic E-state index is 0.0225. The Bertz CT molecular complexity index is 508. The molecule has 1 saturated heterocycles. The Hall–Kier alpha value is -0.710. The van der Waals surface area contributed by atoms with Crippen LogP contribution in [0.2, 0.25) is 0 Å². The largest absolute Gasteiger partial charge is 0.341 e. The van der Waals surface area contributed by atoms with E-state index in [1.807, 2.05) is 0 Å². The molecule has 20 heavy (non-hydrogen) atoms. The van der Waals surface area contributed by atoms with Crippen molar-refractivity contribution in [2.45, 2.75) is 37.8 Å². The van der Waals surface area contributed by atoms with Gasteiger partial charge in [-0.1, -0.05) is 0 Å². The third-order valence-electron chi connectivity index (χ3n) is 3.65. The molecule has 5 nitrogen and oxygen atoms in total. The first-order chi connectivity index (χ1) is 9.47. The third kappa shape index (κ3) is 3.48. The van der Waals surface area contributed by atoms with Crippen LogP contribution in [0.1, 0.15) is 25.7 Å². The van der Waals surface area contributed by atoms with Crippen LogP contribution in [0.15, 0.2) is 0 Å². The number of terminal acetylenes is 1. The lowest BCUT2D eigenvalue weighted by molar-refractivity contribution is -0.133. The van der Waals surface area contributed by atoms with Gasteiger partial charge in [-0.2, -0.15) is 4.31 Å². The van der Waals surface area contributed by atoms with Crippen molar-refractivity contribution < 1.29 is 13.2 Å². The molecule has 0 spiro atoms. The Morgan fingerprint density at radius 1 is 1.50 bits per heavy atom. The number of sulfonamides is 1. The van der Waals surface area contributed by atoms with Crippen molar-refractivity contribution in [1.82, 2.24) is 9.21 Å². The molecule has 1 amide bonds. The maximum absolute atomic E-state index is 12.4. The summed E-state index contributed by atoms with van der Waals surface area (Å²) in [6, 6.07) is -0.236. The molecule has 2 fully saturated rings. The standard InChI is InChI=1S/C13H20N2O3S2/c1-3-4-5-8-20(17,18)15-10-19-9-12(15)13(16)14(2)11-6-7-11/h1,11-12H,4-10H2,2H3/t12-/m0/s1. The van der Waals surface area contributed by atoms with E-state index < -0.39 is 16.1 Å². The maximum atomic E-state index is 12.4. The summed E-state index contributed by atoms with van der Waals surface area (Å²) in [6.07, 6.45) is 8.08. The highest BCUT2D eigenvalue weighted by Gasteiger charge is 2.42. The minimum Gasteiger partial charge on any atom is -0.341 e. The van der Waals surface area contributed by atoms with Gasteiger partial charge in [0.15, 0.2) is 0 Å². The summed E-state index contributed by atoms with van der Waals surface area (Å²) in [5, 5.41) is 0. The molecular weight excluding hydrogens is 296 g/mol. The first-order valence-electron chi connectivity index (χ1n) is 6.75. The van der Waals surface area contributed by atoms with Crippen molar-refractivity contribution in [3.8, 4) is 12.3 Å². The van der Waals surface area contributed by atoms with Crippen molar-refractivity contribution in [3.05, 3.63) is 0 Å². The molecule has 1 saturated carbocycles. The van der Waals surface area contributed by atoms with Gasteiger partial charge in [-0.25, -0.2) is 8.42 Å². The molecule has 1 atom stereocenters. The van der Waals surface area contributed by atoms with Gasteiger partial charge in [0.1, 0.15) is 6.04 Å². The molecule has 0 N–H and O–H groups in total. The highest BCUT2D eigenvalue weighted by Crippen LogP contribution is 2.30. The third-order valence-corrected chi connectivity index (χ3v) is 6.73. The van der Waals surface area contributed by atoms with Crippen molar-refractivity contribution in [1.29, 1.82) is 0 Å². The number of nitrogens with zero attached hydrogens (tertiary/aromatic N) is 2. The van der Waals surface area contributed by atoms with Crippen LogP contribution in [0, 0.1) is 12.3 Å². The zero-order chi connectivity index (χ0) is 14.8. The highest BCUT2D eigenvalue weighted by atomic mass is 32.2. The van der Waals surface area contributed by atoms with Crippen molar-refractivity contribution >= 4 is 27.7 Å². The minimum atomic E-state index is -3.40. The molecule has 2 aliphatic rings. The van der Waals surface area contributed by atoms with E-state index >= 15 is 0 Å². The molecule has 0 bridgehead atoms. The lowest BCUT2D eigenvalue weighted by Gasteiger charge is -2.26. The maximum Gasteiger partial charge on any atom is 0.241 e. The number of carbonyl (C=O) groups is 1. The molecule has 0 aromatic rings. The van der Waals surface area contributed by atoms with E-state index in [0.29, 0.717) is 30.5 Å². The predicted molar refractivity (Wildman–Crippen MR) is 80.6 cm³/mol. The first kappa shape index (κ1) is 15.7. The molecule has 1 aliphatic carbocycles. The van der Waals surface area contributed by atoms with Crippen LogP contribution in [-0.4, -0.2) is 60.0 Å². The van der Waals surface area contributed by atoms with Gasteiger partial charge in [0.25, 0.3) is 0 Å². The quantitative estimate of drug-likeness (QED) is 0.535. The summed E-state index contributed by atoms with van der Waals surface area (Å²) in [6.45, 7) is 0. The summed E-state index contributed by atoms with van der Waals surface area (Å²) in [5.41, 5.74) is 0. The van der Waals surface area contributed by atoms with E-state index in [-0.39, 0.29) is 11.7 Å². The Labute approximate surface area is 125 Å². The number of unbranched alkanes of at least 4 members (excludes halogenated alkanes) is 1. The molecule has 0 aromatic heterocycles. The van der Waals surface area contributed by atoms with Crippen LogP contribution >= 0.6 is 11.8 Å². The van der Waals surface area contributed by atoms with Gasteiger partial charge in [0, 0.05) is 25.3 Å². The number of thioether (sulfide) groups is 1. The lowest BCUT2D eigenvalue weighted by Crippen LogP contribution is -2.48. The second-order valence-corrected chi connectivity index (χ2v) is 8.25. The second-order valence-electron chi connectivity index (χ2n) is 5.21. The van der Waals surface area contributed by atoms with E-state index in [2.05, 4.69) is 5.92 Å². The van der Waals surface area contributed by atoms with Gasteiger partial charge in [-0.3, -0.25) is 4.79 Å². The second kappa shape index (κ2) is 6.37. The monoisotopic (exact) mass is 316 g/mol. The van der Waals surface area contributed by atoms with Crippen molar-refractivity contribution in [3.63, 3.8) is 0 Å². The summed E-state index contributed by atoms with van der Waals surface area (Å²) >= 11 is 1.49. The van der Waals surface area contributed by atoms with E-state index in [1.165, 1.54) is 16.1 Å². The molecule has 0 aromatic carbocycles. The van der Waals surface area contributed by atoms with Gasteiger partial charge in [0.05, 0.1) is 11.6 Å². The molecule has 0 unspecified atom stereocenters. The lowest BCUT2D eigenvalue weighted by atomic mass is 10.3. The fourth-order valence-electron chi connectivity index (χ4n) is 2.25. The van der Waals surface area contributed by atoms with Crippen LogP contribution in [0.5, 0.6) is 0 Å². The average molecular weight is 316 g/mol. The Morgan fingerprint density at radius 3 is 2.80 bits per heavy atom. The SMILES string of the molecule is C#CCCCS(=O)(=O)N1CSC[C@H]1C(=O)N(C)C1CC1. The van der Waals surface area contributed by atoms with Crippen LogP contribution in [-0.2, 0) is 14.8 Å². The number of rotatable bonds is 6. The number of amides is 1. The normalized spacial score (nSPS) is 23.5. The van der Waals surface area contributed by atoms with E-state index in [0.717, 1.165) is 12.8 Å². The predicted octanol–water partition coefficient (Wildman–Crippen LogP) is 0.725. The molecule has 1 aliphatic heterocycles. The number of hydrogen-bond acceptors (Lipinski definition) is 4. The smallest absolute Gasteiger partial charge is 0.241 e. The molecule has 0 radical (unpaired) electrons. The molecule has 2 rings (SSSR count). The zero-order valence-corrected chi connectivity index (χ0v) is 13.3. The molecule has 1 heterocycles. The summed E-state index contributed by atoms with van der Waals surface area (Å²) in [4.78, 5) is 14.1. The number of hydrogen-bond donors (Lipinski definition) is 0. The van der Waals surface area contributed by atoms with Crippen molar-refractivity contribution in [2.24, 2.45) is 0 Å². The van der Waals surface area contributed by atoms with Gasteiger partial charge in [-0.15, -0.1) is 24.1 Å². The molecule has 7 heteroatoms. The van der Waals surface area contributed by atoms with Gasteiger partial charge < -0.3 is 4.90 Å². The Balaban J connectivity index is 2.02. The average Bonchev–Trinajstić information content (AvgIpc) is 3.13. The molecular formula is C13H20N2O3S2. The number of likely N-dealkylation sites (N-methyl/N-ethyl adjacent to an activating group) is 1. The number of carbonyl (C=O) groups excluding carboxylic acids is 1. The van der Waals surface area contributed by atoms with Crippen LogP contribution in [0.3, 0.4) is 0 Å². The van der Waals surface area contributed by atoms with E-state index in [9.17, 15) is 13.2 Å². The van der Waals surface area contributed by atoms with Crippen LogP contribution in [0.4, 0.5) is 0 Å². The summed E-state index contributed by atoms with van der Waals surface area (Å²) < 4.78 is 26.0. The van der Waals surface area contributed by atoms with E-state index in [4.69, 9.17) is 6.42 Å². The van der Waals surface area contributed by atoms with Crippen molar-refractivity contribution in [2.75, 3.05) is 24.4 Å². The summed E-state index contributed by atoms with van der Waals surface area (Å²) in [7, 11) is -1.63. The Morgan fingerprint density at radius 2 is 2.20 bits per heavy atom. The highest BCUT2D eigenvalue weighted by molar-refractivity contribution is 8.00. The first-order valence-corrected chi connectivity index (χ1v) is 9.51. The van der Waals surface area contributed by atoms with Crippen LogP contribution in [0.25, 0.3) is 0 Å². The fraction of sp³-hybridized carbons (Fsp3) is 0.769. The Kier molecular flexibility index (Phi) is 4.99. The topological polar surface area (TPSA) is 57.7 Å². The fourth-order valence-corrected chi connectivity index (χ4v) is 5.51. The summed E-state index contributed by atoms with van der Waals surface area (Å²) in [5.74, 6) is 3.31. The van der Waals surface area contributed by atoms with Crippen LogP contribution < -0.4 is 0 Å². The van der Waals surface area contributed by atoms with Gasteiger partial charge in [-0.05, 0) is 19.3 Å². The van der Waals surface area contributed by atoms with Gasteiger partial charge in [0.2, 0.25) is 15.9 Å². The van der Waals surface area contributed by atoms with Gasteiger partial charge >= 0.3 is 0 Å². The molecule has 112 valence electrons. The zero-order valence-electron chi connectivity index (χ0n) is 11.6.